The van der Waals surface area contributed by atoms with Crippen molar-refractivity contribution in [1.29, 1.82) is 0 Å². The third-order valence-corrected chi connectivity index (χ3v) is 16.5. The zero-order valence-corrected chi connectivity index (χ0v) is 53.7. The van der Waals surface area contributed by atoms with Crippen LogP contribution in [0.5, 0.6) is 0 Å². The molecule has 80 heavy (non-hydrogen) atoms. The van der Waals surface area contributed by atoms with E-state index in [4.69, 9.17) is 24.3 Å². The number of carbonyl (C=O) groups excluding carboxylic acids is 2. The molecule has 0 aliphatic rings. The third kappa shape index (κ3) is 65.1. The van der Waals surface area contributed by atoms with Gasteiger partial charge in [-0.25, -0.2) is 4.57 Å². The van der Waals surface area contributed by atoms with Gasteiger partial charge >= 0.3 is 19.8 Å². The summed E-state index contributed by atoms with van der Waals surface area (Å²) in [5, 5.41) is 0. The van der Waals surface area contributed by atoms with Crippen molar-refractivity contribution in [3.63, 3.8) is 0 Å². The molecule has 0 saturated heterocycles. The lowest BCUT2D eigenvalue weighted by Crippen LogP contribution is -2.29. The number of ether oxygens (including phenoxy) is 2. The fourth-order valence-corrected chi connectivity index (χ4v) is 11.2. The molecule has 0 amide bonds. The van der Waals surface area contributed by atoms with Crippen LogP contribution in [0.2, 0.25) is 0 Å². The minimum absolute atomic E-state index is 0.0561. The van der Waals surface area contributed by atoms with Gasteiger partial charge in [0.05, 0.1) is 13.2 Å². The highest BCUT2D eigenvalue weighted by Gasteiger charge is 2.26. The van der Waals surface area contributed by atoms with Crippen LogP contribution in [0.3, 0.4) is 0 Å². The average Bonchev–Trinajstić information content (AvgIpc) is 3.45. The highest BCUT2D eigenvalue weighted by atomic mass is 31.2. The second-order valence-electron chi connectivity index (χ2n) is 23.4. The molecule has 0 bridgehead atoms. The van der Waals surface area contributed by atoms with E-state index in [9.17, 15) is 19.0 Å². The highest BCUT2D eigenvalue weighted by Crippen LogP contribution is 2.43. The molecular weight excluding hydrogens is 1010 g/mol. The lowest BCUT2D eigenvalue weighted by atomic mass is 10.0. The molecule has 10 heteroatoms. The third-order valence-electron chi connectivity index (χ3n) is 15.5. The predicted octanol–water partition coefficient (Wildman–Crippen LogP) is 22.5. The molecule has 0 rings (SSSR count). The average molecular weight is 1150 g/mol. The monoisotopic (exact) mass is 1150 g/mol. The van der Waals surface area contributed by atoms with Gasteiger partial charge in [0.15, 0.2) is 6.10 Å². The summed E-state index contributed by atoms with van der Waals surface area (Å²) >= 11 is 0. The number of hydrogen-bond acceptors (Lipinski definition) is 8. The highest BCUT2D eigenvalue weighted by molar-refractivity contribution is 7.47. The summed E-state index contributed by atoms with van der Waals surface area (Å²) in [4.78, 5) is 35.3. The summed E-state index contributed by atoms with van der Waals surface area (Å²) in [6.45, 7) is 3.71. The molecule has 0 aliphatic heterocycles. The fraction of sp³-hybridized carbons (Fsp3) is 0.857. The van der Waals surface area contributed by atoms with Crippen LogP contribution in [-0.4, -0.2) is 49.3 Å². The molecule has 0 aromatic heterocycles. The number of esters is 2. The largest absolute Gasteiger partial charge is 0.472 e. The zero-order chi connectivity index (χ0) is 58.0. The van der Waals surface area contributed by atoms with Crippen LogP contribution in [-0.2, 0) is 32.7 Å². The quantitative estimate of drug-likeness (QED) is 0.0264. The fourth-order valence-electron chi connectivity index (χ4n) is 10.4. The van der Waals surface area contributed by atoms with Gasteiger partial charge in [-0.15, -0.1) is 0 Å². The number of phosphoric ester groups is 1. The normalized spacial score (nSPS) is 13.2. The maximum Gasteiger partial charge on any atom is 0.472 e. The Morgan fingerprint density at radius 2 is 0.688 bits per heavy atom. The predicted molar refractivity (Wildman–Crippen MR) is 344 cm³/mol. The van der Waals surface area contributed by atoms with E-state index in [0.29, 0.717) is 6.42 Å². The SMILES string of the molecule is CC/C=C\C/C=C\C/C=C\C/C=C\CCCCCCCCCCCCCCCCCCCCCCCCC(=O)OC(COC(=O)CCCCCCCCCCCCCCCCCCCCCCCCCC)COP(=O)(O)OCCN. The Morgan fingerprint density at radius 1 is 0.388 bits per heavy atom. The van der Waals surface area contributed by atoms with Crippen molar-refractivity contribution >= 4 is 19.8 Å². The Morgan fingerprint density at radius 3 is 1.02 bits per heavy atom. The number of nitrogens with two attached hydrogens (primary N) is 1. The molecule has 3 N–H and O–H groups in total. The summed E-state index contributed by atoms with van der Waals surface area (Å²) < 4.78 is 33.2. The molecule has 0 radical (unpaired) electrons. The second-order valence-corrected chi connectivity index (χ2v) is 24.8. The summed E-state index contributed by atoms with van der Waals surface area (Å²) in [5.41, 5.74) is 5.40. The molecule has 0 fully saturated rings. The van der Waals surface area contributed by atoms with Gasteiger partial charge in [0.2, 0.25) is 0 Å². The molecule has 2 unspecified atom stereocenters. The molecule has 9 nitrogen and oxygen atoms in total. The number of phosphoric acid groups is 1. The molecular formula is C70H132NO8P. The minimum Gasteiger partial charge on any atom is -0.462 e. The van der Waals surface area contributed by atoms with Crippen molar-refractivity contribution < 1.29 is 37.6 Å². The number of unbranched alkanes of at least 4 members (excludes halogenated alkanes) is 45. The van der Waals surface area contributed by atoms with Crippen LogP contribution in [0.15, 0.2) is 48.6 Å². The number of hydrogen-bond donors (Lipinski definition) is 2. The molecule has 2 atom stereocenters. The summed E-state index contributed by atoms with van der Waals surface area (Å²) in [5.74, 6) is -0.804. The maximum atomic E-state index is 12.8. The summed E-state index contributed by atoms with van der Waals surface area (Å²) in [6, 6.07) is 0. The zero-order valence-electron chi connectivity index (χ0n) is 52.8. The van der Waals surface area contributed by atoms with E-state index in [2.05, 4.69) is 62.5 Å². The van der Waals surface area contributed by atoms with Gasteiger partial charge < -0.3 is 20.1 Å². The second kappa shape index (κ2) is 66.1. The van der Waals surface area contributed by atoms with Crippen LogP contribution in [0.25, 0.3) is 0 Å². The topological polar surface area (TPSA) is 134 Å². The van der Waals surface area contributed by atoms with E-state index in [-0.39, 0.29) is 38.6 Å². The van der Waals surface area contributed by atoms with Crippen molar-refractivity contribution in [2.24, 2.45) is 5.73 Å². The Kier molecular flexibility index (Phi) is 64.4. The van der Waals surface area contributed by atoms with Crippen LogP contribution in [0, 0.1) is 0 Å². The van der Waals surface area contributed by atoms with Crippen molar-refractivity contribution in [2.75, 3.05) is 26.4 Å². The molecule has 470 valence electrons. The van der Waals surface area contributed by atoms with Crippen LogP contribution < -0.4 is 5.73 Å². The molecule has 0 heterocycles. The lowest BCUT2D eigenvalue weighted by Gasteiger charge is -2.19. The summed E-state index contributed by atoms with van der Waals surface area (Å²) in [7, 11) is -4.39. The van der Waals surface area contributed by atoms with E-state index in [1.165, 1.54) is 263 Å². The Hall–Kier alpha value is -2.03. The maximum absolute atomic E-state index is 12.8. The van der Waals surface area contributed by atoms with Crippen molar-refractivity contribution in [3.8, 4) is 0 Å². The first-order valence-corrected chi connectivity index (χ1v) is 36.1. The smallest absolute Gasteiger partial charge is 0.462 e. The van der Waals surface area contributed by atoms with Gasteiger partial charge in [0.25, 0.3) is 0 Å². The van der Waals surface area contributed by atoms with E-state index >= 15 is 0 Å². The van der Waals surface area contributed by atoms with Gasteiger partial charge in [-0.05, 0) is 51.4 Å². The Labute approximate surface area is 496 Å². The number of carbonyl (C=O) groups is 2. The number of allylic oxidation sites excluding steroid dienone is 8. The number of rotatable bonds is 66. The van der Waals surface area contributed by atoms with Crippen LogP contribution >= 0.6 is 7.82 Å². The molecule has 0 aromatic rings. The van der Waals surface area contributed by atoms with Crippen molar-refractivity contribution in [2.45, 2.75) is 360 Å². The van der Waals surface area contributed by atoms with E-state index in [1.54, 1.807) is 0 Å². The van der Waals surface area contributed by atoms with Gasteiger partial charge in [-0.1, -0.05) is 339 Å². The van der Waals surface area contributed by atoms with Crippen LogP contribution in [0.4, 0.5) is 0 Å². The Balaban J connectivity index is 3.81. The first kappa shape index (κ1) is 78.0. The lowest BCUT2D eigenvalue weighted by molar-refractivity contribution is -0.161. The molecule has 0 aromatic carbocycles. The molecule has 0 saturated carbocycles. The summed E-state index contributed by atoms with van der Waals surface area (Å²) in [6.07, 6.45) is 83.5. The molecule has 0 aliphatic carbocycles. The minimum atomic E-state index is -4.39. The van der Waals surface area contributed by atoms with Gasteiger partial charge in [0.1, 0.15) is 6.61 Å². The van der Waals surface area contributed by atoms with Crippen molar-refractivity contribution in [3.05, 3.63) is 48.6 Å². The van der Waals surface area contributed by atoms with Crippen molar-refractivity contribution in [1.82, 2.24) is 0 Å². The van der Waals surface area contributed by atoms with Gasteiger partial charge in [0, 0.05) is 19.4 Å². The van der Waals surface area contributed by atoms with E-state index < -0.39 is 26.5 Å². The van der Waals surface area contributed by atoms with E-state index in [1.807, 2.05) is 0 Å². The van der Waals surface area contributed by atoms with Crippen LogP contribution in [0.1, 0.15) is 354 Å². The first-order valence-electron chi connectivity index (χ1n) is 34.6. The van der Waals surface area contributed by atoms with Gasteiger partial charge in [-0.3, -0.25) is 18.6 Å². The first-order chi connectivity index (χ1) is 39.3. The Bertz CT molecular complexity index is 1450. The standard InChI is InChI=1S/C70H132NO8P/c1-3-5-7-9-11-13-15-17-19-21-23-25-27-29-30-31-32-33-34-35-36-37-38-39-41-43-45-47-49-51-53-55-57-59-61-63-70(73)79-68(67-78-80(74,75)77-65-64-71)66-76-69(72)62-60-58-56-54-52-50-48-46-44-42-40-28-26-24-22-20-18-16-14-12-10-8-6-4-2/h5,7,11,13,17,19,23,25,68H,3-4,6,8-10,12,14-16,18,20-22,24,26-67,71H2,1-2H3,(H,74,75)/b7-5-,13-11-,19-17-,25-23-. The molecule has 0 spiro atoms. The van der Waals surface area contributed by atoms with Gasteiger partial charge in [-0.2, -0.15) is 0 Å². The van der Waals surface area contributed by atoms with E-state index in [0.717, 1.165) is 57.8 Å².